The molecule has 7 heteroatoms. The number of rotatable bonds is 3. The van der Waals surface area contributed by atoms with Crippen molar-refractivity contribution >= 4 is 11.8 Å². The molecular formula is C16H24N4O3. The Morgan fingerprint density at radius 2 is 2.22 bits per heavy atom. The second-order valence-corrected chi connectivity index (χ2v) is 6.53. The third-order valence-corrected chi connectivity index (χ3v) is 4.38. The summed E-state index contributed by atoms with van der Waals surface area (Å²) in [6.45, 7) is 6.12. The normalized spacial score (nSPS) is 21.4. The largest absolute Gasteiger partial charge is 0.334 e. The molecule has 0 spiro atoms. The van der Waals surface area contributed by atoms with Gasteiger partial charge >= 0.3 is 0 Å². The van der Waals surface area contributed by atoms with Crippen LogP contribution in [-0.2, 0) is 21.0 Å². The lowest BCUT2D eigenvalue weighted by molar-refractivity contribution is -0.198. The maximum atomic E-state index is 12.5. The quantitative estimate of drug-likeness (QED) is 0.843. The van der Waals surface area contributed by atoms with Crippen LogP contribution in [0.2, 0.25) is 0 Å². The highest BCUT2D eigenvalue weighted by Crippen LogP contribution is 2.25. The van der Waals surface area contributed by atoms with Gasteiger partial charge in [0.05, 0.1) is 31.3 Å². The van der Waals surface area contributed by atoms with Gasteiger partial charge in [0.2, 0.25) is 11.8 Å². The summed E-state index contributed by atoms with van der Waals surface area (Å²) in [5, 5.41) is 5.81. The minimum Gasteiger partial charge on any atom is -0.334 e. The van der Waals surface area contributed by atoms with Gasteiger partial charge in [-0.25, -0.2) is 5.06 Å². The Labute approximate surface area is 136 Å². The van der Waals surface area contributed by atoms with Crippen LogP contribution in [0.15, 0.2) is 12.3 Å². The molecule has 0 aliphatic carbocycles. The fraction of sp³-hybridized carbons (Fsp3) is 0.688. The molecule has 23 heavy (non-hydrogen) atoms. The van der Waals surface area contributed by atoms with E-state index in [9.17, 15) is 9.59 Å². The average Bonchev–Trinajstić information content (AvgIpc) is 3.03. The first-order chi connectivity index (χ1) is 11.1. The number of carbonyl (C=O) groups excluding carboxylic acids is 2. The number of fused-ring (bicyclic) bond motifs is 1. The minimum absolute atomic E-state index is 0.0324. The molecule has 2 aliphatic rings. The molecule has 3 rings (SSSR count). The van der Waals surface area contributed by atoms with E-state index in [0.717, 1.165) is 18.5 Å². The van der Waals surface area contributed by atoms with E-state index < -0.39 is 0 Å². The highest BCUT2D eigenvalue weighted by molar-refractivity contribution is 5.79. The molecule has 0 aromatic carbocycles. The van der Waals surface area contributed by atoms with Gasteiger partial charge in [0.1, 0.15) is 0 Å². The highest BCUT2D eigenvalue weighted by Gasteiger charge is 2.32. The predicted octanol–water partition coefficient (Wildman–Crippen LogP) is 1.37. The van der Waals surface area contributed by atoms with Gasteiger partial charge < -0.3 is 4.90 Å². The van der Waals surface area contributed by atoms with Crippen LogP contribution < -0.4 is 0 Å². The second-order valence-electron chi connectivity index (χ2n) is 6.53. The first-order valence-electron chi connectivity index (χ1n) is 8.30. The Bertz CT molecular complexity index is 578. The van der Waals surface area contributed by atoms with Gasteiger partial charge in [0.15, 0.2) is 0 Å². The van der Waals surface area contributed by atoms with Crippen molar-refractivity contribution in [1.29, 1.82) is 0 Å². The fourth-order valence-corrected chi connectivity index (χ4v) is 3.17. The lowest BCUT2D eigenvalue weighted by Gasteiger charge is -2.35. The SMILES string of the molecule is CC(C)C(=O)N1Cc2ccnn2C(CC(=O)N2CCCCO2)C1. The standard InChI is InChI=1S/C16H24N4O3/c1-12(2)16(22)18-10-13-5-6-17-20(13)14(11-18)9-15(21)19-7-3-4-8-23-19/h5-6,12,14H,3-4,7-11H2,1-2H3. The third kappa shape index (κ3) is 3.39. The summed E-state index contributed by atoms with van der Waals surface area (Å²) in [4.78, 5) is 32.1. The summed E-state index contributed by atoms with van der Waals surface area (Å²) in [6, 6.07) is 1.78. The number of aromatic nitrogens is 2. The van der Waals surface area contributed by atoms with Gasteiger partial charge in [-0.2, -0.15) is 5.10 Å². The van der Waals surface area contributed by atoms with Gasteiger partial charge in [-0.1, -0.05) is 13.8 Å². The third-order valence-electron chi connectivity index (χ3n) is 4.38. The van der Waals surface area contributed by atoms with Crippen molar-refractivity contribution in [1.82, 2.24) is 19.7 Å². The van der Waals surface area contributed by atoms with Crippen molar-refractivity contribution in [3.8, 4) is 0 Å². The summed E-state index contributed by atoms with van der Waals surface area (Å²) in [5.41, 5.74) is 0.975. The average molecular weight is 320 g/mol. The summed E-state index contributed by atoms with van der Waals surface area (Å²) in [6.07, 6.45) is 4.00. The van der Waals surface area contributed by atoms with E-state index in [-0.39, 0.29) is 23.8 Å². The highest BCUT2D eigenvalue weighted by atomic mass is 16.7. The Balaban J connectivity index is 1.72. The van der Waals surface area contributed by atoms with Gasteiger partial charge in [-0.3, -0.25) is 19.1 Å². The second kappa shape index (κ2) is 6.70. The molecule has 3 heterocycles. The Kier molecular flexibility index (Phi) is 4.66. The van der Waals surface area contributed by atoms with E-state index in [1.165, 1.54) is 5.06 Å². The van der Waals surface area contributed by atoms with Crippen LogP contribution in [0.1, 0.15) is 44.8 Å². The van der Waals surface area contributed by atoms with E-state index in [1.807, 2.05) is 29.5 Å². The maximum Gasteiger partial charge on any atom is 0.248 e. The Hall–Kier alpha value is -1.89. The van der Waals surface area contributed by atoms with E-state index in [1.54, 1.807) is 6.20 Å². The zero-order valence-electron chi connectivity index (χ0n) is 13.8. The number of hydroxylamine groups is 2. The number of hydrogen-bond donors (Lipinski definition) is 0. The van der Waals surface area contributed by atoms with Crippen molar-refractivity contribution in [3.05, 3.63) is 18.0 Å². The number of carbonyl (C=O) groups is 2. The van der Waals surface area contributed by atoms with Crippen molar-refractivity contribution in [2.75, 3.05) is 19.7 Å². The van der Waals surface area contributed by atoms with Crippen LogP contribution in [0.3, 0.4) is 0 Å². The molecule has 1 aromatic heterocycles. The Morgan fingerprint density at radius 1 is 1.39 bits per heavy atom. The molecular weight excluding hydrogens is 296 g/mol. The monoisotopic (exact) mass is 320 g/mol. The lowest BCUT2D eigenvalue weighted by Crippen LogP contribution is -2.45. The fourth-order valence-electron chi connectivity index (χ4n) is 3.17. The summed E-state index contributed by atoms with van der Waals surface area (Å²) in [7, 11) is 0. The molecule has 1 atom stereocenters. The molecule has 1 aromatic rings. The van der Waals surface area contributed by atoms with Gasteiger partial charge in [-0.15, -0.1) is 0 Å². The summed E-state index contributed by atoms with van der Waals surface area (Å²) in [5.74, 6) is 0.0327. The van der Waals surface area contributed by atoms with Crippen molar-refractivity contribution in [2.24, 2.45) is 5.92 Å². The molecule has 0 N–H and O–H groups in total. The maximum absolute atomic E-state index is 12.5. The van der Waals surface area contributed by atoms with Crippen LogP contribution in [0, 0.1) is 5.92 Å². The molecule has 0 radical (unpaired) electrons. The van der Waals surface area contributed by atoms with Crippen LogP contribution in [0.4, 0.5) is 0 Å². The topological polar surface area (TPSA) is 67.7 Å². The van der Waals surface area contributed by atoms with Crippen molar-refractivity contribution in [2.45, 2.75) is 45.7 Å². The van der Waals surface area contributed by atoms with Crippen molar-refractivity contribution < 1.29 is 14.4 Å². The molecule has 0 saturated carbocycles. The number of amides is 2. The molecule has 1 fully saturated rings. The molecule has 0 bridgehead atoms. The zero-order chi connectivity index (χ0) is 16.4. The van der Waals surface area contributed by atoms with E-state index >= 15 is 0 Å². The van der Waals surface area contributed by atoms with E-state index in [4.69, 9.17) is 4.84 Å². The van der Waals surface area contributed by atoms with Gasteiger partial charge in [-0.05, 0) is 18.9 Å². The van der Waals surface area contributed by atoms with Crippen LogP contribution >= 0.6 is 0 Å². The van der Waals surface area contributed by atoms with Crippen molar-refractivity contribution in [3.63, 3.8) is 0 Å². The smallest absolute Gasteiger partial charge is 0.248 e. The first-order valence-corrected chi connectivity index (χ1v) is 8.30. The molecule has 1 saturated heterocycles. The predicted molar refractivity (Wildman–Crippen MR) is 83.0 cm³/mol. The molecule has 1 unspecified atom stereocenters. The van der Waals surface area contributed by atoms with Crippen LogP contribution in [-0.4, -0.2) is 51.3 Å². The minimum atomic E-state index is -0.130. The molecule has 2 amide bonds. The van der Waals surface area contributed by atoms with Gasteiger partial charge in [0.25, 0.3) is 0 Å². The molecule has 126 valence electrons. The molecule has 2 aliphatic heterocycles. The number of nitrogens with zero attached hydrogens (tertiary/aromatic N) is 4. The van der Waals surface area contributed by atoms with Crippen LogP contribution in [0.25, 0.3) is 0 Å². The number of hydrogen-bond acceptors (Lipinski definition) is 4. The Morgan fingerprint density at radius 3 is 2.91 bits per heavy atom. The zero-order valence-corrected chi connectivity index (χ0v) is 13.8. The first kappa shape index (κ1) is 16.0. The summed E-state index contributed by atoms with van der Waals surface area (Å²) >= 11 is 0. The van der Waals surface area contributed by atoms with E-state index in [0.29, 0.717) is 32.7 Å². The lowest BCUT2D eigenvalue weighted by atomic mass is 10.1. The van der Waals surface area contributed by atoms with Gasteiger partial charge in [0, 0.05) is 25.2 Å². The summed E-state index contributed by atoms with van der Waals surface area (Å²) < 4.78 is 1.88. The van der Waals surface area contributed by atoms with E-state index in [2.05, 4.69) is 5.10 Å². The van der Waals surface area contributed by atoms with Crippen LogP contribution in [0.5, 0.6) is 0 Å². The molecule has 7 nitrogen and oxygen atoms in total.